The van der Waals surface area contributed by atoms with Crippen LogP contribution in [0.2, 0.25) is 0 Å². The Morgan fingerprint density at radius 2 is 1.50 bits per heavy atom. The smallest absolute Gasteiger partial charge is 0.318 e. The number of carbonyl (C=O) groups excluding carboxylic acids is 2. The summed E-state index contributed by atoms with van der Waals surface area (Å²) in [6, 6.07) is 15.6. The molecule has 2 aromatic rings. The molecule has 26 heavy (non-hydrogen) atoms. The third kappa shape index (κ3) is 6.55. The lowest BCUT2D eigenvalue weighted by atomic mass is 10.1. The van der Waals surface area contributed by atoms with Crippen LogP contribution in [0.25, 0.3) is 0 Å². The van der Waals surface area contributed by atoms with E-state index in [1.54, 1.807) is 35.7 Å². The van der Waals surface area contributed by atoms with Crippen molar-refractivity contribution < 1.29 is 14.4 Å². The number of hydrogen-bond acceptors (Lipinski definition) is 7. The van der Waals surface area contributed by atoms with Crippen LogP contribution in [0, 0.1) is 0 Å². The van der Waals surface area contributed by atoms with Crippen molar-refractivity contribution in [3.8, 4) is 0 Å². The zero-order chi connectivity index (χ0) is 18.9. The Kier molecular flexibility index (Phi) is 8.28. The van der Waals surface area contributed by atoms with E-state index in [9.17, 15) is 9.59 Å². The molecule has 0 unspecified atom stereocenters. The minimum atomic E-state index is -0.557. The Balaban J connectivity index is 1.99. The zero-order valence-electron chi connectivity index (χ0n) is 14.5. The van der Waals surface area contributed by atoms with E-state index in [1.807, 2.05) is 12.1 Å². The highest BCUT2D eigenvalue weighted by atomic mass is 32.2. The van der Waals surface area contributed by atoms with Gasteiger partial charge in [0.2, 0.25) is 5.78 Å². The fourth-order valence-corrected chi connectivity index (χ4v) is 3.71. The maximum Gasteiger partial charge on any atom is 0.331 e. The molecule has 0 aliphatic rings. The quantitative estimate of drug-likeness (QED) is 0.168. The molecule has 2 aromatic carbocycles. The Morgan fingerprint density at radius 1 is 0.962 bits per heavy atom. The third-order valence-corrected chi connectivity index (χ3v) is 5.73. The van der Waals surface area contributed by atoms with Crippen LogP contribution in [0.15, 0.2) is 68.4 Å². The Hall–Kier alpha value is -1.70. The van der Waals surface area contributed by atoms with Gasteiger partial charge in [0, 0.05) is 32.9 Å². The van der Waals surface area contributed by atoms with E-state index in [-0.39, 0.29) is 11.5 Å². The van der Waals surface area contributed by atoms with Crippen LogP contribution in [0.4, 0.5) is 0 Å². The minimum Gasteiger partial charge on any atom is -0.318 e. The van der Waals surface area contributed by atoms with E-state index in [0.29, 0.717) is 5.56 Å². The molecule has 0 heterocycles. The number of benzene rings is 2. The van der Waals surface area contributed by atoms with Crippen LogP contribution in [-0.4, -0.2) is 29.0 Å². The van der Waals surface area contributed by atoms with Crippen molar-refractivity contribution in [2.45, 2.75) is 28.5 Å². The summed E-state index contributed by atoms with van der Waals surface area (Å²) in [7, 11) is 0. The summed E-state index contributed by atoms with van der Waals surface area (Å²) in [6.07, 6.45) is 0. The highest BCUT2D eigenvalue weighted by molar-refractivity contribution is 8.00. The molecule has 0 spiro atoms. The highest BCUT2D eigenvalue weighted by Gasteiger charge is 2.11. The summed E-state index contributed by atoms with van der Waals surface area (Å²) in [5.74, 6) is 1.02. The maximum atomic E-state index is 12.2. The lowest BCUT2D eigenvalue weighted by Gasteiger charge is -2.05. The fourth-order valence-electron chi connectivity index (χ4n) is 1.96. The normalized spacial score (nSPS) is 11.3. The molecule has 0 aliphatic carbocycles. The van der Waals surface area contributed by atoms with E-state index in [4.69, 9.17) is 0 Å². The largest absolute Gasteiger partial charge is 0.331 e. The maximum absolute atomic E-state index is 12.2. The molecule has 0 atom stereocenters. The van der Waals surface area contributed by atoms with Gasteiger partial charge in [-0.2, -0.15) is 12.6 Å². The number of carbonyl (C=O) groups is 2. The minimum absolute atomic E-state index is 0.134. The number of oxime groups is 1. The monoisotopic (exact) mass is 405 g/mol. The number of Topliss-reactive ketones (excluding diaryl/α,β-unsaturated/α-hetero) is 1. The van der Waals surface area contributed by atoms with Gasteiger partial charge in [0.15, 0.2) is 0 Å². The van der Waals surface area contributed by atoms with Gasteiger partial charge in [-0.25, -0.2) is 4.79 Å². The molecular weight excluding hydrogens is 386 g/mol. The van der Waals surface area contributed by atoms with Gasteiger partial charge in [-0.05, 0) is 61.2 Å². The van der Waals surface area contributed by atoms with Gasteiger partial charge in [-0.15, -0.1) is 11.8 Å². The number of ketones is 1. The van der Waals surface area contributed by atoms with Crippen LogP contribution < -0.4 is 0 Å². The van der Waals surface area contributed by atoms with E-state index < -0.39 is 5.97 Å². The molecule has 4 nitrogen and oxygen atoms in total. The summed E-state index contributed by atoms with van der Waals surface area (Å²) in [5, 5.41) is 3.53. The average molecular weight is 406 g/mol. The molecule has 0 amide bonds. The highest BCUT2D eigenvalue weighted by Crippen LogP contribution is 2.29. The standard InChI is InChI=1S/C19H19NO3S3/c1-13(20-23-14(2)21)19(22)15-3-5-17(6-4-15)26-18-9-7-16(8-10-18)25-12-11-24/h3-10,24H,11-12H2,1-2H3. The second-order valence-electron chi connectivity index (χ2n) is 5.26. The Morgan fingerprint density at radius 3 is 2.04 bits per heavy atom. The lowest BCUT2D eigenvalue weighted by Crippen LogP contribution is -2.11. The topological polar surface area (TPSA) is 55.7 Å². The first-order chi connectivity index (χ1) is 12.5. The molecule has 7 heteroatoms. The molecule has 0 aliphatic heterocycles. The predicted octanol–water partition coefficient (Wildman–Crippen LogP) is 4.98. The van der Waals surface area contributed by atoms with Gasteiger partial charge >= 0.3 is 5.97 Å². The molecule has 0 N–H and O–H groups in total. The van der Waals surface area contributed by atoms with Crippen molar-refractivity contribution in [1.82, 2.24) is 0 Å². The van der Waals surface area contributed by atoms with Crippen molar-refractivity contribution in [1.29, 1.82) is 0 Å². The van der Waals surface area contributed by atoms with Gasteiger partial charge in [0.25, 0.3) is 0 Å². The van der Waals surface area contributed by atoms with Crippen LogP contribution in [-0.2, 0) is 9.63 Å². The van der Waals surface area contributed by atoms with Crippen molar-refractivity contribution >= 4 is 53.6 Å². The second kappa shape index (κ2) is 10.4. The van der Waals surface area contributed by atoms with Gasteiger partial charge < -0.3 is 4.84 Å². The van der Waals surface area contributed by atoms with Crippen LogP contribution in [0.1, 0.15) is 24.2 Å². The molecule has 0 saturated heterocycles. The van der Waals surface area contributed by atoms with Crippen LogP contribution in [0.3, 0.4) is 0 Å². The zero-order valence-corrected chi connectivity index (χ0v) is 17.0. The summed E-state index contributed by atoms with van der Waals surface area (Å²) in [6.45, 7) is 2.75. The van der Waals surface area contributed by atoms with Crippen molar-refractivity contribution in [2.75, 3.05) is 11.5 Å². The van der Waals surface area contributed by atoms with Crippen molar-refractivity contribution in [3.63, 3.8) is 0 Å². The molecule has 2 rings (SSSR count). The van der Waals surface area contributed by atoms with Crippen LogP contribution in [0.5, 0.6) is 0 Å². The Bertz CT molecular complexity index is 787. The fraction of sp³-hybridized carbons (Fsp3) is 0.211. The number of thioether (sulfide) groups is 1. The van der Waals surface area contributed by atoms with Gasteiger partial charge in [-0.3, -0.25) is 4.79 Å². The molecule has 0 saturated carbocycles. The predicted molar refractivity (Wildman–Crippen MR) is 111 cm³/mol. The number of rotatable bonds is 8. The third-order valence-electron chi connectivity index (χ3n) is 3.18. The van der Waals surface area contributed by atoms with Gasteiger partial charge in [0.1, 0.15) is 5.71 Å². The second-order valence-corrected chi connectivity index (χ2v) is 8.02. The number of nitrogens with zero attached hydrogens (tertiary/aromatic N) is 1. The van der Waals surface area contributed by atoms with Gasteiger partial charge in [0.05, 0.1) is 0 Å². The lowest BCUT2D eigenvalue weighted by molar-refractivity contribution is -0.140. The molecule has 0 bridgehead atoms. The van der Waals surface area contributed by atoms with E-state index in [0.717, 1.165) is 21.3 Å². The molecule has 0 radical (unpaired) electrons. The van der Waals surface area contributed by atoms with E-state index >= 15 is 0 Å². The van der Waals surface area contributed by atoms with Gasteiger partial charge in [-0.1, -0.05) is 16.9 Å². The summed E-state index contributed by atoms with van der Waals surface area (Å²) in [5.41, 5.74) is 0.635. The first kappa shape index (κ1) is 20.6. The van der Waals surface area contributed by atoms with E-state index in [1.165, 1.54) is 18.7 Å². The summed E-state index contributed by atoms with van der Waals surface area (Å²) < 4.78 is 0. The van der Waals surface area contributed by atoms with Crippen molar-refractivity contribution in [2.24, 2.45) is 5.16 Å². The van der Waals surface area contributed by atoms with Crippen molar-refractivity contribution in [3.05, 3.63) is 54.1 Å². The van der Waals surface area contributed by atoms with E-state index in [2.05, 4.69) is 46.9 Å². The molecular formula is C19H19NO3S3. The first-order valence-electron chi connectivity index (χ1n) is 7.88. The molecule has 0 fully saturated rings. The SMILES string of the molecule is CC(=O)ON=C(C)C(=O)c1ccc(Sc2ccc(SCCS)cc2)cc1. The number of hydrogen-bond donors (Lipinski definition) is 1. The number of thiol groups is 1. The average Bonchev–Trinajstić information content (AvgIpc) is 2.65. The molecule has 0 aromatic heterocycles. The summed E-state index contributed by atoms with van der Waals surface area (Å²) >= 11 is 7.63. The van der Waals surface area contributed by atoms with Crippen LogP contribution >= 0.6 is 36.2 Å². The summed E-state index contributed by atoms with van der Waals surface area (Å²) in [4.78, 5) is 30.9. The first-order valence-corrected chi connectivity index (χ1v) is 10.3. The Labute approximate surface area is 167 Å². The molecule has 136 valence electrons.